The summed E-state index contributed by atoms with van der Waals surface area (Å²) in [6.45, 7) is 0. The summed E-state index contributed by atoms with van der Waals surface area (Å²) in [5, 5.41) is 13.0. The standard InChI is InChI=1S/C21H13ClN6O2/c22-16-9-5-4-8-14(16)20(29)26-27-11-10-17-18(21(27)30)24-25-19-15(12-23-28(17)19)13-6-2-1-3-7-13/h1-12H,(H,26,29). The van der Waals surface area contributed by atoms with E-state index in [0.29, 0.717) is 11.2 Å². The molecule has 3 heterocycles. The quantitative estimate of drug-likeness (QED) is 0.487. The van der Waals surface area contributed by atoms with Gasteiger partial charge < -0.3 is 0 Å². The molecular formula is C21H13ClN6O2. The second kappa shape index (κ2) is 7.09. The molecule has 0 saturated carbocycles. The highest BCUT2D eigenvalue weighted by Crippen LogP contribution is 2.23. The number of halogens is 1. The molecule has 0 saturated heterocycles. The van der Waals surface area contributed by atoms with E-state index >= 15 is 0 Å². The molecule has 0 aliphatic rings. The van der Waals surface area contributed by atoms with Crippen LogP contribution in [0.2, 0.25) is 5.02 Å². The maximum Gasteiger partial charge on any atom is 0.299 e. The third kappa shape index (κ3) is 2.90. The highest BCUT2D eigenvalue weighted by atomic mass is 35.5. The normalized spacial score (nSPS) is 11.1. The van der Waals surface area contributed by atoms with E-state index in [2.05, 4.69) is 20.7 Å². The van der Waals surface area contributed by atoms with Gasteiger partial charge in [-0.2, -0.15) is 5.10 Å². The van der Waals surface area contributed by atoms with Crippen molar-refractivity contribution in [1.29, 1.82) is 0 Å². The van der Waals surface area contributed by atoms with Crippen LogP contribution in [-0.4, -0.2) is 30.4 Å². The number of hydrogen-bond donors (Lipinski definition) is 1. The molecule has 0 aliphatic carbocycles. The van der Waals surface area contributed by atoms with Crippen LogP contribution in [0, 0.1) is 0 Å². The molecule has 0 aliphatic heterocycles. The molecule has 1 amide bonds. The molecule has 2 aromatic carbocycles. The zero-order valence-electron chi connectivity index (χ0n) is 15.4. The molecule has 0 spiro atoms. The average Bonchev–Trinajstić information content (AvgIpc) is 3.21. The maximum absolute atomic E-state index is 12.9. The van der Waals surface area contributed by atoms with Gasteiger partial charge in [0.1, 0.15) is 5.52 Å². The van der Waals surface area contributed by atoms with E-state index in [1.54, 1.807) is 41.0 Å². The van der Waals surface area contributed by atoms with Crippen molar-refractivity contribution in [3.05, 3.63) is 94.0 Å². The molecule has 8 nitrogen and oxygen atoms in total. The summed E-state index contributed by atoms with van der Waals surface area (Å²) in [5.41, 5.74) is 5.09. The van der Waals surface area contributed by atoms with Crippen LogP contribution in [0.3, 0.4) is 0 Å². The first-order valence-electron chi connectivity index (χ1n) is 9.00. The Balaban J connectivity index is 1.58. The van der Waals surface area contributed by atoms with Crippen LogP contribution in [-0.2, 0) is 0 Å². The van der Waals surface area contributed by atoms with Crippen molar-refractivity contribution < 1.29 is 4.79 Å². The average molecular weight is 417 g/mol. The number of rotatable bonds is 3. The van der Waals surface area contributed by atoms with Crippen LogP contribution >= 0.6 is 11.6 Å². The summed E-state index contributed by atoms with van der Waals surface area (Å²) in [7, 11) is 0. The van der Waals surface area contributed by atoms with E-state index in [4.69, 9.17) is 11.6 Å². The van der Waals surface area contributed by atoms with Crippen molar-refractivity contribution in [2.24, 2.45) is 0 Å². The lowest BCUT2D eigenvalue weighted by Gasteiger charge is -2.10. The number of nitrogens with zero attached hydrogens (tertiary/aromatic N) is 5. The zero-order chi connectivity index (χ0) is 20.7. The number of amides is 1. The molecule has 146 valence electrons. The summed E-state index contributed by atoms with van der Waals surface area (Å²) >= 11 is 6.06. The van der Waals surface area contributed by atoms with Gasteiger partial charge in [-0.3, -0.25) is 15.0 Å². The molecule has 30 heavy (non-hydrogen) atoms. The Morgan fingerprint density at radius 3 is 2.53 bits per heavy atom. The fraction of sp³-hybridized carbons (Fsp3) is 0. The monoisotopic (exact) mass is 416 g/mol. The predicted molar refractivity (Wildman–Crippen MR) is 113 cm³/mol. The molecule has 0 unspecified atom stereocenters. The summed E-state index contributed by atoms with van der Waals surface area (Å²) in [5.74, 6) is -0.512. The van der Waals surface area contributed by atoms with Gasteiger partial charge in [-0.25, -0.2) is 9.19 Å². The van der Waals surface area contributed by atoms with Crippen molar-refractivity contribution in [2.75, 3.05) is 5.43 Å². The Bertz CT molecular complexity index is 1480. The molecule has 0 bridgehead atoms. The van der Waals surface area contributed by atoms with Gasteiger partial charge in [0.05, 0.1) is 16.8 Å². The Morgan fingerprint density at radius 1 is 0.967 bits per heavy atom. The fourth-order valence-corrected chi connectivity index (χ4v) is 3.44. The zero-order valence-corrected chi connectivity index (χ0v) is 16.1. The SMILES string of the molecule is O=C(Nn1ccc2c(nnc3c(-c4ccccc4)cnn32)c1=O)c1ccccc1Cl. The van der Waals surface area contributed by atoms with Crippen molar-refractivity contribution in [3.63, 3.8) is 0 Å². The smallest absolute Gasteiger partial charge is 0.267 e. The van der Waals surface area contributed by atoms with Crippen LogP contribution in [0.4, 0.5) is 0 Å². The number of benzene rings is 2. The third-order valence-corrected chi connectivity index (χ3v) is 5.02. The predicted octanol–water partition coefficient (Wildman–Crippen LogP) is 3.14. The van der Waals surface area contributed by atoms with Gasteiger partial charge in [-0.15, -0.1) is 10.2 Å². The number of nitrogens with one attached hydrogen (secondary N) is 1. The lowest BCUT2D eigenvalue weighted by Crippen LogP contribution is -2.33. The van der Waals surface area contributed by atoms with Crippen LogP contribution in [0.1, 0.15) is 10.4 Å². The van der Waals surface area contributed by atoms with Crippen molar-refractivity contribution in [2.45, 2.75) is 0 Å². The molecule has 0 fully saturated rings. The van der Waals surface area contributed by atoms with Gasteiger partial charge in [0.15, 0.2) is 11.2 Å². The minimum absolute atomic E-state index is 0.0761. The molecular weight excluding hydrogens is 404 g/mol. The lowest BCUT2D eigenvalue weighted by molar-refractivity contribution is 0.101. The minimum Gasteiger partial charge on any atom is -0.267 e. The van der Waals surface area contributed by atoms with E-state index in [1.807, 2.05) is 30.3 Å². The second-order valence-corrected chi connectivity index (χ2v) is 6.91. The lowest BCUT2D eigenvalue weighted by atomic mass is 10.1. The van der Waals surface area contributed by atoms with Gasteiger partial charge in [0, 0.05) is 11.8 Å². The Morgan fingerprint density at radius 2 is 1.73 bits per heavy atom. The number of fused-ring (bicyclic) bond motifs is 3. The molecule has 0 atom stereocenters. The molecule has 5 aromatic rings. The largest absolute Gasteiger partial charge is 0.299 e. The highest BCUT2D eigenvalue weighted by molar-refractivity contribution is 6.34. The summed E-state index contributed by atoms with van der Waals surface area (Å²) in [6.07, 6.45) is 3.13. The number of hydrogen-bond acceptors (Lipinski definition) is 5. The van der Waals surface area contributed by atoms with E-state index < -0.39 is 11.5 Å². The second-order valence-electron chi connectivity index (χ2n) is 6.51. The van der Waals surface area contributed by atoms with Crippen molar-refractivity contribution in [1.82, 2.24) is 24.5 Å². The van der Waals surface area contributed by atoms with Crippen molar-refractivity contribution >= 4 is 34.2 Å². The van der Waals surface area contributed by atoms with Gasteiger partial charge in [-0.05, 0) is 23.8 Å². The van der Waals surface area contributed by atoms with Crippen LogP contribution in [0.25, 0.3) is 27.8 Å². The number of aromatic nitrogens is 5. The van der Waals surface area contributed by atoms with Gasteiger partial charge in [0.25, 0.3) is 11.5 Å². The van der Waals surface area contributed by atoms with Crippen LogP contribution in [0.5, 0.6) is 0 Å². The van der Waals surface area contributed by atoms with Crippen LogP contribution in [0.15, 0.2) is 77.9 Å². The van der Waals surface area contributed by atoms with Crippen LogP contribution < -0.4 is 11.0 Å². The maximum atomic E-state index is 12.9. The first-order chi connectivity index (χ1) is 14.6. The van der Waals surface area contributed by atoms with E-state index in [0.717, 1.165) is 15.8 Å². The molecule has 0 radical (unpaired) electrons. The Kier molecular flexibility index (Phi) is 4.26. The van der Waals surface area contributed by atoms with E-state index in [1.165, 1.54) is 6.20 Å². The topological polar surface area (TPSA) is 94.2 Å². The van der Waals surface area contributed by atoms with Gasteiger partial charge in [0.2, 0.25) is 0 Å². The molecule has 3 aromatic heterocycles. The van der Waals surface area contributed by atoms with Crippen molar-refractivity contribution in [3.8, 4) is 11.1 Å². The third-order valence-electron chi connectivity index (χ3n) is 4.69. The fourth-order valence-electron chi connectivity index (χ4n) is 3.22. The Hall–Kier alpha value is -4.04. The number of carbonyl (C=O) groups is 1. The summed E-state index contributed by atoms with van der Waals surface area (Å²) < 4.78 is 2.61. The first-order valence-corrected chi connectivity index (χ1v) is 9.38. The minimum atomic E-state index is -0.529. The number of pyridine rings is 1. The number of carbonyl (C=O) groups excluding carboxylic acids is 1. The van der Waals surface area contributed by atoms with E-state index in [-0.39, 0.29) is 16.1 Å². The first kappa shape index (κ1) is 18.0. The molecule has 5 rings (SSSR count). The summed E-state index contributed by atoms with van der Waals surface area (Å²) in [4.78, 5) is 25.4. The van der Waals surface area contributed by atoms with E-state index in [9.17, 15) is 9.59 Å². The summed E-state index contributed by atoms with van der Waals surface area (Å²) in [6, 6.07) is 17.9. The Labute approximate surface area is 174 Å². The molecule has 9 heteroatoms. The molecule has 1 N–H and O–H groups in total. The van der Waals surface area contributed by atoms with Gasteiger partial charge in [-0.1, -0.05) is 54.1 Å². The van der Waals surface area contributed by atoms with Gasteiger partial charge >= 0.3 is 0 Å². The highest BCUT2D eigenvalue weighted by Gasteiger charge is 2.16.